The Kier molecular flexibility index (Phi) is 9.22. The molecule has 0 fully saturated rings. The first-order valence-corrected chi connectivity index (χ1v) is 8.27. The molecule has 7 nitrogen and oxygen atoms in total. The maximum Gasteiger partial charge on any atom is 0.354 e. The van der Waals surface area contributed by atoms with E-state index in [9.17, 15) is 19.2 Å². The van der Waals surface area contributed by atoms with Crippen molar-refractivity contribution in [3.63, 3.8) is 0 Å². The fraction of sp³-hybridized carbons (Fsp3) is 0.300. The van der Waals surface area contributed by atoms with Crippen LogP contribution in [-0.2, 0) is 23.9 Å². The van der Waals surface area contributed by atoms with Crippen molar-refractivity contribution < 1.29 is 28.7 Å². The maximum absolute atomic E-state index is 12.3. The fourth-order valence-electron chi connectivity index (χ4n) is 2.26. The second-order valence-corrected chi connectivity index (χ2v) is 5.63. The summed E-state index contributed by atoms with van der Waals surface area (Å²) in [5, 5.41) is 2.36. The van der Waals surface area contributed by atoms with Crippen molar-refractivity contribution in [2.75, 3.05) is 14.2 Å². The molecule has 1 rings (SSSR count). The van der Waals surface area contributed by atoms with Crippen LogP contribution in [0.1, 0.15) is 30.1 Å². The molecule has 0 bridgehead atoms. The molecule has 1 amide bonds. The van der Waals surface area contributed by atoms with Gasteiger partial charge in [-0.2, -0.15) is 0 Å². The van der Waals surface area contributed by atoms with E-state index in [0.717, 1.165) is 0 Å². The number of hydrogen-bond acceptors (Lipinski definition) is 6. The number of hydrogen-bond donors (Lipinski definition) is 1. The average Bonchev–Trinajstić information content (AvgIpc) is 2.68. The summed E-state index contributed by atoms with van der Waals surface area (Å²) in [7, 11) is 2.46. The van der Waals surface area contributed by atoms with E-state index < -0.39 is 23.8 Å². The molecular formula is C20H23NO6. The van der Waals surface area contributed by atoms with Crippen LogP contribution in [-0.4, -0.2) is 37.8 Å². The van der Waals surface area contributed by atoms with Crippen molar-refractivity contribution in [3.05, 3.63) is 59.8 Å². The molecule has 1 aromatic rings. The standard InChI is InChI=1S/C20H23NO6/c1-14(22)21-17(20(25)27-3)12-8-7-11-16(19(24)26-2)13-18(23)15-9-5-4-6-10-15/h4-10,12,16H,11,13H2,1-3H3,(H,21,22)/b8-7?,17-12-/t16-/m1/s1. The van der Waals surface area contributed by atoms with Gasteiger partial charge in [0.1, 0.15) is 5.70 Å². The largest absolute Gasteiger partial charge is 0.469 e. The first kappa shape index (κ1) is 21.8. The van der Waals surface area contributed by atoms with Crippen molar-refractivity contribution in [2.45, 2.75) is 19.8 Å². The smallest absolute Gasteiger partial charge is 0.354 e. The highest BCUT2D eigenvalue weighted by Crippen LogP contribution is 2.16. The van der Waals surface area contributed by atoms with E-state index in [0.29, 0.717) is 5.56 Å². The topological polar surface area (TPSA) is 98.8 Å². The van der Waals surface area contributed by atoms with Crippen LogP contribution in [0.3, 0.4) is 0 Å². The number of methoxy groups -OCH3 is 2. The van der Waals surface area contributed by atoms with E-state index >= 15 is 0 Å². The normalized spacial score (nSPS) is 12.3. The summed E-state index contributed by atoms with van der Waals surface area (Å²) in [6, 6.07) is 8.68. The van der Waals surface area contributed by atoms with Gasteiger partial charge in [0.15, 0.2) is 5.78 Å². The number of carbonyl (C=O) groups excluding carboxylic acids is 4. The third-order valence-corrected chi connectivity index (χ3v) is 3.60. The van der Waals surface area contributed by atoms with Gasteiger partial charge in [-0.05, 0) is 12.5 Å². The van der Waals surface area contributed by atoms with Crippen LogP contribution in [0.5, 0.6) is 0 Å². The molecule has 0 aromatic heterocycles. The minimum Gasteiger partial charge on any atom is -0.469 e. The molecule has 0 spiro atoms. The van der Waals surface area contributed by atoms with Gasteiger partial charge in [-0.15, -0.1) is 0 Å². The Balaban J connectivity index is 2.81. The maximum atomic E-state index is 12.3. The number of Topliss-reactive ketones (excluding diaryl/α,β-unsaturated/α-hetero) is 1. The Morgan fingerprint density at radius 1 is 1.07 bits per heavy atom. The van der Waals surface area contributed by atoms with E-state index in [1.54, 1.807) is 36.4 Å². The van der Waals surface area contributed by atoms with Gasteiger partial charge in [0, 0.05) is 18.9 Å². The molecule has 0 aliphatic heterocycles. The van der Waals surface area contributed by atoms with Gasteiger partial charge in [0.05, 0.1) is 20.1 Å². The van der Waals surface area contributed by atoms with E-state index in [1.807, 2.05) is 0 Å². The van der Waals surface area contributed by atoms with Gasteiger partial charge in [-0.1, -0.05) is 42.5 Å². The van der Waals surface area contributed by atoms with Crippen molar-refractivity contribution >= 4 is 23.6 Å². The highest BCUT2D eigenvalue weighted by Gasteiger charge is 2.22. The van der Waals surface area contributed by atoms with Crippen LogP contribution in [0.15, 0.2) is 54.3 Å². The number of ether oxygens (including phenoxy) is 2. The van der Waals surface area contributed by atoms with Crippen LogP contribution < -0.4 is 5.32 Å². The average molecular weight is 373 g/mol. The van der Waals surface area contributed by atoms with Crippen LogP contribution in [0.2, 0.25) is 0 Å². The zero-order chi connectivity index (χ0) is 20.2. The molecule has 0 saturated heterocycles. The molecule has 0 saturated carbocycles. The summed E-state index contributed by atoms with van der Waals surface area (Å²) in [4.78, 5) is 47.0. The van der Waals surface area contributed by atoms with Gasteiger partial charge in [0.25, 0.3) is 0 Å². The first-order valence-electron chi connectivity index (χ1n) is 8.27. The van der Waals surface area contributed by atoms with Gasteiger partial charge in [0.2, 0.25) is 5.91 Å². The molecule has 1 N–H and O–H groups in total. The third-order valence-electron chi connectivity index (χ3n) is 3.60. The zero-order valence-electron chi connectivity index (χ0n) is 15.6. The SMILES string of the molecule is COC(=O)/C(=C/C=CC[C@H](CC(=O)c1ccccc1)C(=O)OC)NC(C)=O. The summed E-state index contributed by atoms with van der Waals surface area (Å²) in [6.45, 7) is 1.27. The molecule has 7 heteroatoms. The molecule has 0 heterocycles. The Morgan fingerprint density at radius 3 is 2.30 bits per heavy atom. The van der Waals surface area contributed by atoms with Gasteiger partial charge < -0.3 is 14.8 Å². The van der Waals surface area contributed by atoms with E-state index in [4.69, 9.17) is 4.74 Å². The number of benzene rings is 1. The van der Waals surface area contributed by atoms with Gasteiger partial charge in [-0.3, -0.25) is 14.4 Å². The van der Waals surface area contributed by atoms with E-state index in [1.165, 1.54) is 33.3 Å². The molecule has 0 aliphatic carbocycles. The molecule has 0 radical (unpaired) electrons. The zero-order valence-corrected chi connectivity index (χ0v) is 15.6. The Morgan fingerprint density at radius 2 is 1.74 bits per heavy atom. The number of esters is 2. The lowest BCUT2D eigenvalue weighted by Crippen LogP contribution is -2.25. The van der Waals surface area contributed by atoms with E-state index in [2.05, 4.69) is 10.1 Å². The minimum absolute atomic E-state index is 0.000293. The van der Waals surface area contributed by atoms with E-state index in [-0.39, 0.29) is 24.3 Å². The third kappa shape index (κ3) is 7.68. The predicted molar refractivity (Wildman–Crippen MR) is 98.6 cm³/mol. The van der Waals surface area contributed by atoms with Crippen LogP contribution in [0.4, 0.5) is 0 Å². The molecule has 0 unspecified atom stereocenters. The lowest BCUT2D eigenvalue weighted by Gasteiger charge is -2.11. The van der Waals surface area contributed by atoms with Crippen LogP contribution in [0.25, 0.3) is 0 Å². The minimum atomic E-state index is -0.696. The molecule has 0 aliphatic rings. The second kappa shape index (κ2) is 11.4. The Labute approximate surface area is 158 Å². The number of nitrogens with one attached hydrogen (secondary N) is 1. The van der Waals surface area contributed by atoms with Crippen LogP contribution >= 0.6 is 0 Å². The Hall–Kier alpha value is -3.22. The number of carbonyl (C=O) groups is 4. The number of allylic oxidation sites excluding steroid dienone is 3. The molecule has 1 atom stereocenters. The van der Waals surface area contributed by atoms with Crippen LogP contribution in [0, 0.1) is 5.92 Å². The van der Waals surface area contributed by atoms with Crippen molar-refractivity contribution in [1.82, 2.24) is 5.32 Å². The molecule has 27 heavy (non-hydrogen) atoms. The Bertz CT molecular complexity index is 736. The highest BCUT2D eigenvalue weighted by molar-refractivity contribution is 5.98. The fourth-order valence-corrected chi connectivity index (χ4v) is 2.26. The number of ketones is 1. The highest BCUT2D eigenvalue weighted by atomic mass is 16.5. The summed E-state index contributed by atoms with van der Waals surface area (Å²) in [5.41, 5.74) is 0.491. The molecular weight excluding hydrogens is 350 g/mol. The predicted octanol–water partition coefficient (Wildman–Crippen LogP) is 2.19. The number of amides is 1. The summed E-state index contributed by atoms with van der Waals surface area (Å²) in [6.07, 6.45) is 4.72. The molecule has 144 valence electrons. The van der Waals surface area contributed by atoms with Crippen molar-refractivity contribution in [1.29, 1.82) is 0 Å². The quantitative estimate of drug-likeness (QED) is 0.308. The first-order chi connectivity index (χ1) is 12.9. The summed E-state index contributed by atoms with van der Waals surface area (Å²) < 4.78 is 9.34. The molecule has 1 aromatic carbocycles. The van der Waals surface area contributed by atoms with Crippen molar-refractivity contribution in [3.8, 4) is 0 Å². The monoisotopic (exact) mass is 373 g/mol. The summed E-state index contributed by atoms with van der Waals surface area (Å²) >= 11 is 0. The lowest BCUT2D eigenvalue weighted by molar-refractivity contribution is -0.145. The van der Waals surface area contributed by atoms with Crippen molar-refractivity contribution in [2.24, 2.45) is 5.92 Å². The lowest BCUT2D eigenvalue weighted by atomic mass is 9.95. The second-order valence-electron chi connectivity index (χ2n) is 5.63. The summed E-state index contributed by atoms with van der Waals surface area (Å²) in [5.74, 6) is -2.43. The van der Waals surface area contributed by atoms with Gasteiger partial charge in [-0.25, -0.2) is 4.79 Å². The van der Waals surface area contributed by atoms with Gasteiger partial charge >= 0.3 is 11.9 Å². The number of rotatable bonds is 9.